The Hall–Kier alpha value is -2.70. The Morgan fingerprint density at radius 1 is 1.35 bits per heavy atom. The van der Waals surface area contributed by atoms with Crippen LogP contribution in [0.25, 0.3) is 10.9 Å². The van der Waals surface area contributed by atoms with Crippen LogP contribution in [0.4, 0.5) is 6.01 Å². The molecule has 0 radical (unpaired) electrons. The highest BCUT2D eigenvalue weighted by atomic mass is 16.4. The molecule has 7 heteroatoms. The van der Waals surface area contributed by atoms with E-state index in [1.54, 1.807) is 18.3 Å². The minimum atomic E-state index is -0.285. The minimum absolute atomic E-state index is 0.140. The molecule has 1 aliphatic carbocycles. The van der Waals surface area contributed by atoms with Crippen LogP contribution in [0.5, 0.6) is 0 Å². The fourth-order valence-electron chi connectivity index (χ4n) is 2.03. The smallest absolute Gasteiger partial charge is 0.322 e. The first kappa shape index (κ1) is 11.2. The lowest BCUT2D eigenvalue weighted by Crippen LogP contribution is -2.12. The van der Waals surface area contributed by atoms with Gasteiger partial charge in [0.05, 0.1) is 11.7 Å². The lowest BCUT2D eigenvalue weighted by molar-refractivity contribution is 0.102. The van der Waals surface area contributed by atoms with Gasteiger partial charge in [0.2, 0.25) is 5.89 Å². The molecule has 1 saturated carbocycles. The quantitative estimate of drug-likeness (QED) is 0.758. The van der Waals surface area contributed by atoms with E-state index in [-0.39, 0.29) is 11.9 Å². The van der Waals surface area contributed by atoms with Crippen molar-refractivity contribution < 1.29 is 9.21 Å². The third kappa shape index (κ3) is 1.93. The number of aromatic nitrogens is 4. The maximum absolute atomic E-state index is 12.1. The van der Waals surface area contributed by atoms with Crippen LogP contribution in [0.3, 0.4) is 0 Å². The van der Waals surface area contributed by atoms with E-state index in [1.807, 2.05) is 6.07 Å². The number of nitrogens with zero attached hydrogens (tertiary/aromatic N) is 3. The van der Waals surface area contributed by atoms with Gasteiger partial charge in [-0.2, -0.15) is 5.10 Å². The van der Waals surface area contributed by atoms with Crippen LogP contribution < -0.4 is 5.32 Å². The van der Waals surface area contributed by atoms with Gasteiger partial charge in [-0.3, -0.25) is 15.2 Å². The largest absolute Gasteiger partial charge is 0.408 e. The van der Waals surface area contributed by atoms with Gasteiger partial charge in [-0.25, -0.2) is 0 Å². The molecule has 2 heterocycles. The standard InChI is InChI=1S/C13H11N5O2/c19-11(8-3-4-9-6-14-16-10(9)5-8)15-13-18-17-12(20-13)7-1-2-7/h3-7H,1-2H2,(H,14,16)(H,15,18,19). The van der Waals surface area contributed by atoms with Gasteiger partial charge in [-0.05, 0) is 25.0 Å². The maximum Gasteiger partial charge on any atom is 0.322 e. The van der Waals surface area contributed by atoms with Crippen molar-refractivity contribution in [2.45, 2.75) is 18.8 Å². The van der Waals surface area contributed by atoms with E-state index in [1.165, 1.54) is 0 Å². The first-order chi connectivity index (χ1) is 9.79. The molecule has 1 fully saturated rings. The Labute approximate surface area is 113 Å². The SMILES string of the molecule is O=C(Nc1nnc(C2CC2)o1)c1ccc2cn[nH]c2c1. The van der Waals surface area contributed by atoms with Crippen molar-refractivity contribution in [2.75, 3.05) is 5.32 Å². The third-order valence-electron chi connectivity index (χ3n) is 3.29. The topological polar surface area (TPSA) is 96.7 Å². The molecule has 20 heavy (non-hydrogen) atoms. The minimum Gasteiger partial charge on any atom is -0.408 e. The van der Waals surface area contributed by atoms with Crippen molar-refractivity contribution in [1.29, 1.82) is 0 Å². The Kier molecular flexibility index (Phi) is 2.32. The molecule has 0 saturated heterocycles. The van der Waals surface area contributed by atoms with Gasteiger partial charge >= 0.3 is 6.01 Å². The number of amides is 1. The Bertz CT molecular complexity index is 787. The molecule has 0 bridgehead atoms. The van der Waals surface area contributed by atoms with E-state index >= 15 is 0 Å². The molecule has 0 unspecified atom stereocenters. The van der Waals surface area contributed by atoms with Crippen LogP contribution >= 0.6 is 0 Å². The van der Waals surface area contributed by atoms with Crippen LogP contribution in [0, 0.1) is 0 Å². The van der Waals surface area contributed by atoms with Gasteiger partial charge in [0.15, 0.2) is 0 Å². The van der Waals surface area contributed by atoms with E-state index in [2.05, 4.69) is 25.7 Å². The van der Waals surface area contributed by atoms with Crippen LogP contribution in [-0.4, -0.2) is 26.3 Å². The third-order valence-corrected chi connectivity index (χ3v) is 3.29. The zero-order chi connectivity index (χ0) is 13.5. The molecular formula is C13H11N5O2. The second-order valence-electron chi connectivity index (χ2n) is 4.85. The summed E-state index contributed by atoms with van der Waals surface area (Å²) in [6, 6.07) is 5.43. The summed E-state index contributed by atoms with van der Waals surface area (Å²) in [5.74, 6) is 0.686. The van der Waals surface area contributed by atoms with Crippen LogP contribution in [0.1, 0.15) is 35.0 Å². The number of nitrogens with one attached hydrogen (secondary N) is 2. The highest BCUT2D eigenvalue weighted by molar-refractivity contribution is 6.05. The molecule has 1 aromatic carbocycles. The monoisotopic (exact) mass is 269 g/mol. The molecule has 0 atom stereocenters. The summed E-state index contributed by atoms with van der Waals surface area (Å²) in [6.07, 6.45) is 3.86. The number of hydrogen-bond acceptors (Lipinski definition) is 5. The van der Waals surface area contributed by atoms with E-state index in [0.717, 1.165) is 23.7 Å². The molecule has 1 aliphatic rings. The lowest BCUT2D eigenvalue weighted by atomic mass is 10.1. The van der Waals surface area contributed by atoms with E-state index < -0.39 is 0 Å². The predicted molar refractivity (Wildman–Crippen MR) is 70.3 cm³/mol. The highest BCUT2D eigenvalue weighted by Gasteiger charge is 2.29. The maximum atomic E-state index is 12.1. The second kappa shape index (κ2) is 4.16. The van der Waals surface area contributed by atoms with Crippen molar-refractivity contribution in [3.8, 4) is 0 Å². The lowest BCUT2D eigenvalue weighted by Gasteiger charge is -2.00. The average Bonchev–Trinajstić information content (AvgIpc) is 3.02. The number of anilines is 1. The van der Waals surface area contributed by atoms with Crippen molar-refractivity contribution in [3.63, 3.8) is 0 Å². The molecule has 3 aromatic rings. The number of carbonyl (C=O) groups excluding carboxylic acids is 1. The van der Waals surface area contributed by atoms with Crippen molar-refractivity contribution in [3.05, 3.63) is 35.9 Å². The Balaban J connectivity index is 1.55. The van der Waals surface area contributed by atoms with Crippen molar-refractivity contribution in [1.82, 2.24) is 20.4 Å². The zero-order valence-electron chi connectivity index (χ0n) is 10.5. The van der Waals surface area contributed by atoms with E-state index in [4.69, 9.17) is 4.42 Å². The summed E-state index contributed by atoms with van der Waals surface area (Å²) in [7, 11) is 0. The Morgan fingerprint density at radius 2 is 2.25 bits per heavy atom. The molecule has 0 spiro atoms. The molecule has 1 amide bonds. The number of hydrogen-bond donors (Lipinski definition) is 2. The summed E-state index contributed by atoms with van der Waals surface area (Å²) in [5.41, 5.74) is 1.31. The van der Waals surface area contributed by atoms with Crippen LogP contribution in [0.15, 0.2) is 28.8 Å². The summed E-state index contributed by atoms with van der Waals surface area (Å²) in [5, 5.41) is 18.0. The molecule has 0 aliphatic heterocycles. The molecule has 2 N–H and O–H groups in total. The highest BCUT2D eigenvalue weighted by Crippen LogP contribution is 2.39. The summed E-state index contributed by atoms with van der Waals surface area (Å²) < 4.78 is 5.40. The average molecular weight is 269 g/mol. The summed E-state index contributed by atoms with van der Waals surface area (Å²) >= 11 is 0. The first-order valence-corrected chi connectivity index (χ1v) is 6.37. The molecule has 100 valence electrons. The molecule has 4 rings (SSSR count). The van der Waals surface area contributed by atoms with Crippen molar-refractivity contribution in [2.24, 2.45) is 0 Å². The number of rotatable bonds is 3. The van der Waals surface area contributed by atoms with Crippen molar-refractivity contribution >= 4 is 22.8 Å². The molecular weight excluding hydrogens is 258 g/mol. The van der Waals surface area contributed by atoms with Gasteiger partial charge in [0.1, 0.15) is 0 Å². The number of fused-ring (bicyclic) bond motifs is 1. The van der Waals surface area contributed by atoms with Gasteiger partial charge < -0.3 is 4.42 Å². The normalized spacial score (nSPS) is 14.6. The van der Waals surface area contributed by atoms with Gasteiger partial charge in [-0.15, -0.1) is 5.10 Å². The number of aromatic amines is 1. The fraction of sp³-hybridized carbons (Fsp3) is 0.231. The number of carbonyl (C=O) groups is 1. The van der Waals surface area contributed by atoms with Crippen LogP contribution in [0.2, 0.25) is 0 Å². The molecule has 7 nitrogen and oxygen atoms in total. The number of benzene rings is 1. The summed E-state index contributed by atoms with van der Waals surface area (Å²) in [6.45, 7) is 0. The second-order valence-corrected chi connectivity index (χ2v) is 4.85. The van der Waals surface area contributed by atoms with Crippen LogP contribution in [-0.2, 0) is 0 Å². The first-order valence-electron chi connectivity index (χ1n) is 6.37. The predicted octanol–water partition coefficient (Wildman–Crippen LogP) is 2.08. The summed E-state index contributed by atoms with van der Waals surface area (Å²) in [4.78, 5) is 12.1. The van der Waals surface area contributed by atoms with E-state index in [9.17, 15) is 4.79 Å². The fourth-order valence-corrected chi connectivity index (χ4v) is 2.03. The van der Waals surface area contributed by atoms with Gasteiger partial charge in [-0.1, -0.05) is 11.2 Å². The number of H-pyrrole nitrogens is 1. The van der Waals surface area contributed by atoms with E-state index in [0.29, 0.717) is 17.4 Å². The van der Waals surface area contributed by atoms with Gasteiger partial charge in [0, 0.05) is 16.9 Å². The van der Waals surface area contributed by atoms with Gasteiger partial charge in [0.25, 0.3) is 5.91 Å². The molecule has 2 aromatic heterocycles. The Morgan fingerprint density at radius 3 is 3.10 bits per heavy atom. The zero-order valence-corrected chi connectivity index (χ0v) is 10.5.